The number of aromatic hydroxyl groups is 1. The maximum Gasteiger partial charge on any atom is 0.161 e. The molecule has 110 valence electrons. The lowest BCUT2D eigenvalue weighted by atomic mass is 10.2. The zero-order valence-corrected chi connectivity index (χ0v) is 12.8. The minimum atomic E-state index is 0.172. The molecular formula is C19H22O2. The van der Waals surface area contributed by atoms with Crippen LogP contribution in [0.4, 0.5) is 0 Å². The monoisotopic (exact) mass is 282 g/mol. The van der Waals surface area contributed by atoms with Crippen LogP contribution in [0.15, 0.2) is 60.7 Å². The van der Waals surface area contributed by atoms with Crippen molar-refractivity contribution < 1.29 is 9.84 Å². The highest BCUT2D eigenvalue weighted by molar-refractivity contribution is 5.55. The molecule has 0 aliphatic heterocycles. The molecule has 0 atom stereocenters. The van der Waals surface area contributed by atoms with Crippen LogP contribution in [0.25, 0.3) is 12.2 Å². The lowest BCUT2D eigenvalue weighted by molar-refractivity contribution is 0.373. The molecule has 2 heteroatoms. The minimum Gasteiger partial charge on any atom is -0.504 e. The average Bonchev–Trinajstić information content (AvgIpc) is 2.51. The summed E-state index contributed by atoms with van der Waals surface area (Å²) in [5.74, 6) is 0.677. The number of methoxy groups -OCH3 is 1. The van der Waals surface area contributed by atoms with E-state index in [0.29, 0.717) is 5.75 Å². The van der Waals surface area contributed by atoms with E-state index in [2.05, 4.69) is 18.2 Å². The van der Waals surface area contributed by atoms with Crippen molar-refractivity contribution in [2.24, 2.45) is 0 Å². The van der Waals surface area contributed by atoms with Crippen molar-refractivity contribution in [2.45, 2.75) is 13.8 Å². The van der Waals surface area contributed by atoms with Crippen LogP contribution in [0.3, 0.4) is 0 Å². The summed E-state index contributed by atoms with van der Waals surface area (Å²) in [5.41, 5.74) is 2.28. The van der Waals surface area contributed by atoms with Gasteiger partial charge in [-0.3, -0.25) is 0 Å². The summed E-state index contributed by atoms with van der Waals surface area (Å²) in [7, 11) is 1.54. The summed E-state index contributed by atoms with van der Waals surface area (Å²) >= 11 is 0. The Labute approximate surface area is 127 Å². The fourth-order valence-corrected chi connectivity index (χ4v) is 1.75. The lowest BCUT2D eigenvalue weighted by Crippen LogP contribution is -1.83. The summed E-state index contributed by atoms with van der Waals surface area (Å²) in [4.78, 5) is 0. The van der Waals surface area contributed by atoms with Crippen molar-refractivity contribution in [3.63, 3.8) is 0 Å². The molecule has 0 amide bonds. The van der Waals surface area contributed by atoms with Crippen LogP contribution in [-0.4, -0.2) is 12.2 Å². The van der Waals surface area contributed by atoms with E-state index >= 15 is 0 Å². The SMILES string of the molecule is C/C=C/c1ccc(O)c(OC)c1.C/C=C\c1ccccc1. The molecule has 21 heavy (non-hydrogen) atoms. The molecule has 0 spiro atoms. The maximum atomic E-state index is 9.25. The molecule has 0 heterocycles. The molecule has 0 saturated carbocycles. The molecular weight excluding hydrogens is 260 g/mol. The van der Waals surface area contributed by atoms with Crippen LogP contribution >= 0.6 is 0 Å². The number of rotatable bonds is 3. The van der Waals surface area contributed by atoms with Crippen molar-refractivity contribution in [2.75, 3.05) is 7.11 Å². The Balaban J connectivity index is 0.000000219. The zero-order valence-electron chi connectivity index (χ0n) is 12.8. The fourth-order valence-electron chi connectivity index (χ4n) is 1.75. The van der Waals surface area contributed by atoms with E-state index < -0.39 is 0 Å². The highest BCUT2D eigenvalue weighted by Gasteiger charge is 1.99. The first-order chi connectivity index (χ1) is 10.2. The fraction of sp³-hybridized carbons (Fsp3) is 0.158. The molecule has 0 radical (unpaired) electrons. The second kappa shape index (κ2) is 9.43. The summed E-state index contributed by atoms with van der Waals surface area (Å²) in [6, 6.07) is 15.5. The Bertz CT molecular complexity index is 584. The van der Waals surface area contributed by atoms with Gasteiger partial charge in [0.25, 0.3) is 0 Å². The van der Waals surface area contributed by atoms with Crippen LogP contribution in [0.2, 0.25) is 0 Å². The third-order valence-electron chi connectivity index (χ3n) is 2.72. The highest BCUT2D eigenvalue weighted by atomic mass is 16.5. The molecule has 2 aromatic carbocycles. The molecule has 0 aliphatic carbocycles. The second-order valence-corrected chi connectivity index (χ2v) is 4.34. The number of benzene rings is 2. The molecule has 0 aliphatic rings. The van der Waals surface area contributed by atoms with Crippen molar-refractivity contribution in [3.05, 3.63) is 71.8 Å². The third-order valence-corrected chi connectivity index (χ3v) is 2.72. The summed E-state index contributed by atoms with van der Waals surface area (Å²) in [6.45, 7) is 3.96. The molecule has 0 unspecified atom stereocenters. The van der Waals surface area contributed by atoms with Crippen LogP contribution in [0.5, 0.6) is 11.5 Å². The van der Waals surface area contributed by atoms with Gasteiger partial charge in [-0.1, -0.05) is 60.7 Å². The van der Waals surface area contributed by atoms with Gasteiger partial charge in [0.05, 0.1) is 7.11 Å². The van der Waals surface area contributed by atoms with Gasteiger partial charge < -0.3 is 9.84 Å². The van der Waals surface area contributed by atoms with E-state index in [0.717, 1.165) is 5.56 Å². The summed E-state index contributed by atoms with van der Waals surface area (Å²) in [6.07, 6.45) is 8.00. The Morgan fingerprint density at radius 1 is 0.857 bits per heavy atom. The average molecular weight is 282 g/mol. The van der Waals surface area contributed by atoms with Crippen LogP contribution in [0, 0.1) is 0 Å². The molecule has 0 saturated heterocycles. The predicted octanol–water partition coefficient (Wildman–Crippen LogP) is 5.15. The maximum absolute atomic E-state index is 9.25. The number of phenols is 1. The first kappa shape index (κ1) is 16.6. The highest BCUT2D eigenvalue weighted by Crippen LogP contribution is 2.26. The van der Waals surface area contributed by atoms with E-state index in [1.807, 2.05) is 56.3 Å². The molecule has 1 N–H and O–H groups in total. The largest absolute Gasteiger partial charge is 0.504 e. The Morgan fingerprint density at radius 3 is 2.05 bits per heavy atom. The molecule has 2 rings (SSSR count). The lowest BCUT2D eigenvalue weighted by Gasteiger charge is -2.03. The molecule has 2 aromatic rings. The van der Waals surface area contributed by atoms with E-state index in [1.54, 1.807) is 12.1 Å². The summed E-state index contributed by atoms with van der Waals surface area (Å²) < 4.78 is 4.95. The number of hydrogen-bond donors (Lipinski definition) is 1. The number of phenolic OH excluding ortho intramolecular Hbond substituents is 1. The Kier molecular flexibility index (Phi) is 7.44. The van der Waals surface area contributed by atoms with Gasteiger partial charge in [-0.25, -0.2) is 0 Å². The smallest absolute Gasteiger partial charge is 0.161 e. The topological polar surface area (TPSA) is 29.5 Å². The van der Waals surface area contributed by atoms with Crippen LogP contribution in [0.1, 0.15) is 25.0 Å². The van der Waals surface area contributed by atoms with E-state index in [1.165, 1.54) is 12.7 Å². The number of allylic oxidation sites excluding steroid dienone is 2. The second-order valence-electron chi connectivity index (χ2n) is 4.34. The van der Waals surface area contributed by atoms with Gasteiger partial charge in [-0.05, 0) is 37.1 Å². The van der Waals surface area contributed by atoms with Crippen molar-refractivity contribution in [1.29, 1.82) is 0 Å². The normalized spacial score (nSPS) is 10.4. The van der Waals surface area contributed by atoms with Gasteiger partial charge in [0, 0.05) is 0 Å². The third kappa shape index (κ3) is 6.00. The first-order valence-corrected chi connectivity index (χ1v) is 6.88. The number of ether oxygens (including phenoxy) is 1. The van der Waals surface area contributed by atoms with Crippen molar-refractivity contribution in [1.82, 2.24) is 0 Å². The predicted molar refractivity (Wildman–Crippen MR) is 90.5 cm³/mol. The first-order valence-electron chi connectivity index (χ1n) is 6.88. The molecule has 2 nitrogen and oxygen atoms in total. The van der Waals surface area contributed by atoms with Crippen LogP contribution < -0.4 is 4.74 Å². The summed E-state index contributed by atoms with van der Waals surface area (Å²) in [5, 5.41) is 9.25. The van der Waals surface area contributed by atoms with E-state index in [-0.39, 0.29) is 5.75 Å². The van der Waals surface area contributed by atoms with Gasteiger partial charge >= 0.3 is 0 Å². The quantitative estimate of drug-likeness (QED) is 0.843. The zero-order chi connectivity index (χ0) is 15.5. The van der Waals surface area contributed by atoms with Gasteiger partial charge in [-0.2, -0.15) is 0 Å². The molecule has 0 bridgehead atoms. The van der Waals surface area contributed by atoms with Gasteiger partial charge in [0.15, 0.2) is 11.5 Å². The van der Waals surface area contributed by atoms with Gasteiger partial charge in [0.1, 0.15) is 0 Å². The van der Waals surface area contributed by atoms with Crippen molar-refractivity contribution >= 4 is 12.2 Å². The molecule has 0 aromatic heterocycles. The Morgan fingerprint density at radius 2 is 1.48 bits per heavy atom. The van der Waals surface area contributed by atoms with Crippen molar-refractivity contribution in [3.8, 4) is 11.5 Å². The van der Waals surface area contributed by atoms with E-state index in [4.69, 9.17) is 4.74 Å². The Hall–Kier alpha value is -2.48. The van der Waals surface area contributed by atoms with Gasteiger partial charge in [-0.15, -0.1) is 0 Å². The standard InChI is InChI=1S/C10H12O2.C9H10/c1-3-4-8-5-6-9(11)10(7-8)12-2;1-2-6-9-7-4-3-5-8-9/h3-7,11H,1-2H3;2-8H,1H3/b4-3+;6-2-. The van der Waals surface area contributed by atoms with Gasteiger partial charge in [0.2, 0.25) is 0 Å². The van der Waals surface area contributed by atoms with Crippen LogP contribution in [-0.2, 0) is 0 Å². The minimum absolute atomic E-state index is 0.172. The number of hydrogen-bond acceptors (Lipinski definition) is 2. The van der Waals surface area contributed by atoms with E-state index in [9.17, 15) is 5.11 Å². The molecule has 0 fully saturated rings.